The molecule has 0 radical (unpaired) electrons. The Morgan fingerprint density at radius 1 is 1.23 bits per heavy atom. The molecule has 1 rings (SSSR count). The summed E-state index contributed by atoms with van der Waals surface area (Å²) >= 11 is 0. The summed E-state index contributed by atoms with van der Waals surface area (Å²) in [6, 6.07) is 3.80. The van der Waals surface area contributed by atoms with Crippen LogP contribution >= 0.6 is 0 Å². The molecule has 0 bridgehead atoms. The zero-order valence-corrected chi connectivity index (χ0v) is 6.85. The Morgan fingerprint density at radius 3 is 2.31 bits per heavy atom. The largest absolute Gasteiger partial charge is 0.326 e. The molecule has 0 saturated carbocycles. The number of halogens is 2. The molecule has 0 aromatic heterocycles. The molecule has 4 heteroatoms. The smallest absolute Gasteiger partial charge is 0.128 e. The summed E-state index contributed by atoms with van der Waals surface area (Å²) in [5.41, 5.74) is 5.36. The molecule has 0 aliphatic carbocycles. The topological polar surface area (TPSA) is 49.8 Å². The van der Waals surface area contributed by atoms with Crippen molar-refractivity contribution in [1.82, 2.24) is 0 Å². The number of nitriles is 1. The van der Waals surface area contributed by atoms with Crippen molar-refractivity contribution < 1.29 is 8.78 Å². The number of rotatable bonds is 2. The van der Waals surface area contributed by atoms with E-state index < -0.39 is 11.6 Å². The second-order valence-corrected chi connectivity index (χ2v) is 2.57. The molecule has 0 spiro atoms. The van der Waals surface area contributed by atoms with E-state index in [4.69, 9.17) is 11.0 Å². The Hall–Kier alpha value is -1.47. The first kappa shape index (κ1) is 9.62. The monoisotopic (exact) mass is 182 g/mol. The van der Waals surface area contributed by atoms with Gasteiger partial charge in [-0.05, 0) is 12.1 Å². The third-order valence-electron chi connectivity index (χ3n) is 1.70. The van der Waals surface area contributed by atoms with Crippen LogP contribution in [0.4, 0.5) is 8.78 Å². The number of hydrogen-bond acceptors (Lipinski definition) is 2. The van der Waals surface area contributed by atoms with Gasteiger partial charge in [0.2, 0.25) is 0 Å². The van der Waals surface area contributed by atoms with Crippen LogP contribution in [0.2, 0.25) is 0 Å². The summed E-state index contributed by atoms with van der Waals surface area (Å²) in [4.78, 5) is 0. The van der Waals surface area contributed by atoms with Gasteiger partial charge in [0.15, 0.2) is 0 Å². The minimum atomic E-state index is -0.580. The van der Waals surface area contributed by atoms with Crippen LogP contribution in [0.15, 0.2) is 12.1 Å². The van der Waals surface area contributed by atoms with Crippen molar-refractivity contribution in [3.05, 3.63) is 34.9 Å². The van der Waals surface area contributed by atoms with Gasteiger partial charge in [0, 0.05) is 17.7 Å². The average Bonchev–Trinajstić information content (AvgIpc) is 2.11. The fourth-order valence-electron chi connectivity index (χ4n) is 1.01. The maximum atomic E-state index is 13.0. The van der Waals surface area contributed by atoms with Gasteiger partial charge in [0.05, 0.1) is 12.5 Å². The summed E-state index contributed by atoms with van der Waals surface area (Å²) in [7, 11) is 0. The van der Waals surface area contributed by atoms with Gasteiger partial charge < -0.3 is 5.73 Å². The minimum absolute atomic E-state index is 0.0460. The van der Waals surface area contributed by atoms with Crippen molar-refractivity contribution in [2.24, 2.45) is 5.73 Å². The van der Waals surface area contributed by atoms with Crippen molar-refractivity contribution in [1.29, 1.82) is 5.26 Å². The van der Waals surface area contributed by atoms with E-state index in [1.54, 1.807) is 6.07 Å². The lowest BCUT2D eigenvalue weighted by molar-refractivity contribution is 0.576. The second kappa shape index (κ2) is 3.97. The van der Waals surface area contributed by atoms with Crippen molar-refractivity contribution >= 4 is 0 Å². The zero-order chi connectivity index (χ0) is 9.84. The van der Waals surface area contributed by atoms with Crippen LogP contribution in [0.1, 0.15) is 11.1 Å². The van der Waals surface area contributed by atoms with Crippen LogP contribution in [-0.2, 0) is 13.0 Å². The number of hydrogen-bond donors (Lipinski definition) is 1. The fraction of sp³-hybridized carbons (Fsp3) is 0.222. The Balaban J connectivity index is 3.14. The molecule has 0 amide bonds. The minimum Gasteiger partial charge on any atom is -0.326 e. The van der Waals surface area contributed by atoms with E-state index in [-0.39, 0.29) is 24.1 Å². The molecule has 0 atom stereocenters. The van der Waals surface area contributed by atoms with Crippen LogP contribution in [0, 0.1) is 23.0 Å². The first-order valence-corrected chi connectivity index (χ1v) is 3.73. The lowest BCUT2D eigenvalue weighted by Gasteiger charge is -2.03. The van der Waals surface area contributed by atoms with Crippen molar-refractivity contribution in [2.75, 3.05) is 0 Å². The van der Waals surface area contributed by atoms with E-state index in [0.29, 0.717) is 0 Å². The highest BCUT2D eigenvalue weighted by molar-refractivity contribution is 5.27. The van der Waals surface area contributed by atoms with Gasteiger partial charge in [-0.2, -0.15) is 5.26 Å². The van der Waals surface area contributed by atoms with E-state index >= 15 is 0 Å². The van der Waals surface area contributed by atoms with E-state index in [1.807, 2.05) is 0 Å². The molecule has 68 valence electrons. The van der Waals surface area contributed by atoms with Gasteiger partial charge in [-0.15, -0.1) is 0 Å². The Bertz CT molecular complexity index is 355. The molecule has 0 fully saturated rings. The normalized spacial score (nSPS) is 9.69. The van der Waals surface area contributed by atoms with Gasteiger partial charge in [-0.25, -0.2) is 8.78 Å². The van der Waals surface area contributed by atoms with Gasteiger partial charge in [-0.1, -0.05) is 0 Å². The van der Waals surface area contributed by atoms with E-state index in [1.165, 1.54) is 0 Å². The molecule has 0 saturated heterocycles. The average molecular weight is 182 g/mol. The van der Waals surface area contributed by atoms with Gasteiger partial charge in [0.25, 0.3) is 0 Å². The van der Waals surface area contributed by atoms with Crippen LogP contribution in [0.25, 0.3) is 0 Å². The first-order chi connectivity index (χ1) is 6.19. The van der Waals surface area contributed by atoms with Gasteiger partial charge >= 0.3 is 0 Å². The molecular weight excluding hydrogens is 174 g/mol. The number of nitrogens with two attached hydrogens (primary N) is 1. The van der Waals surface area contributed by atoms with Crippen molar-refractivity contribution in [2.45, 2.75) is 13.0 Å². The number of nitrogens with zero attached hydrogens (tertiary/aromatic N) is 1. The van der Waals surface area contributed by atoms with Crippen LogP contribution < -0.4 is 5.73 Å². The van der Waals surface area contributed by atoms with Crippen molar-refractivity contribution in [3.8, 4) is 6.07 Å². The molecule has 2 N–H and O–H groups in total. The molecule has 0 aliphatic heterocycles. The van der Waals surface area contributed by atoms with E-state index in [0.717, 1.165) is 12.1 Å². The van der Waals surface area contributed by atoms with Crippen molar-refractivity contribution in [3.63, 3.8) is 0 Å². The SMILES string of the molecule is N#CCc1cc(F)c(CN)cc1F. The maximum absolute atomic E-state index is 13.0. The molecule has 0 unspecified atom stereocenters. The predicted octanol–water partition coefficient (Wildman–Crippen LogP) is 1.49. The van der Waals surface area contributed by atoms with Gasteiger partial charge in [0.1, 0.15) is 11.6 Å². The summed E-state index contributed by atoms with van der Waals surface area (Å²) in [6.07, 6.45) is -0.131. The number of benzene rings is 1. The molecule has 1 aromatic carbocycles. The van der Waals surface area contributed by atoms with E-state index in [9.17, 15) is 8.78 Å². The van der Waals surface area contributed by atoms with Crippen LogP contribution in [-0.4, -0.2) is 0 Å². The Labute approximate surface area is 74.6 Å². The molecule has 0 aliphatic rings. The lowest BCUT2D eigenvalue weighted by atomic mass is 10.1. The van der Waals surface area contributed by atoms with Crippen LogP contribution in [0.3, 0.4) is 0 Å². The van der Waals surface area contributed by atoms with Crippen LogP contribution in [0.5, 0.6) is 0 Å². The van der Waals surface area contributed by atoms with Gasteiger partial charge in [-0.3, -0.25) is 0 Å². The quantitative estimate of drug-likeness (QED) is 0.753. The lowest BCUT2D eigenvalue weighted by Crippen LogP contribution is -2.02. The molecule has 0 heterocycles. The maximum Gasteiger partial charge on any atom is 0.128 e. The Kier molecular flexibility index (Phi) is 2.93. The molecular formula is C9H8F2N2. The summed E-state index contributed by atoms with van der Waals surface area (Å²) in [6.45, 7) is -0.0460. The molecule has 2 nitrogen and oxygen atoms in total. The highest BCUT2D eigenvalue weighted by Crippen LogP contribution is 2.14. The standard InChI is InChI=1S/C9H8F2N2/c10-8-4-7(5-13)9(11)3-6(8)1-2-12/h3-4H,1,5,13H2. The molecule has 13 heavy (non-hydrogen) atoms. The fourth-order valence-corrected chi connectivity index (χ4v) is 1.01. The third-order valence-corrected chi connectivity index (χ3v) is 1.70. The zero-order valence-electron chi connectivity index (χ0n) is 6.85. The summed E-state index contributed by atoms with van der Waals surface area (Å²) in [5, 5.41) is 8.30. The van der Waals surface area contributed by atoms with E-state index in [2.05, 4.69) is 0 Å². The second-order valence-electron chi connectivity index (χ2n) is 2.57. The highest BCUT2D eigenvalue weighted by atomic mass is 19.1. The third kappa shape index (κ3) is 2.01. The Morgan fingerprint density at radius 2 is 1.77 bits per heavy atom. The summed E-state index contributed by atoms with van der Waals surface area (Å²) < 4.78 is 26.0. The molecule has 1 aromatic rings. The summed E-state index contributed by atoms with van der Waals surface area (Å²) in [5.74, 6) is -1.14. The highest BCUT2D eigenvalue weighted by Gasteiger charge is 2.07. The first-order valence-electron chi connectivity index (χ1n) is 3.73. The predicted molar refractivity (Wildman–Crippen MR) is 43.6 cm³/mol.